The lowest BCUT2D eigenvalue weighted by molar-refractivity contribution is -0.119. The van der Waals surface area contributed by atoms with Crippen molar-refractivity contribution in [2.24, 2.45) is 11.7 Å². The van der Waals surface area contributed by atoms with Gasteiger partial charge in [-0.15, -0.1) is 11.3 Å². The maximum Gasteiger partial charge on any atom is 0.228 e. The van der Waals surface area contributed by atoms with Gasteiger partial charge in [0.2, 0.25) is 5.91 Å². The summed E-state index contributed by atoms with van der Waals surface area (Å²) in [5.74, 6) is -0.308. The van der Waals surface area contributed by atoms with Gasteiger partial charge in [0, 0.05) is 6.54 Å². The van der Waals surface area contributed by atoms with Gasteiger partial charge in [-0.3, -0.25) is 4.79 Å². The Balaban J connectivity index is 2.33. The lowest BCUT2D eigenvalue weighted by Gasteiger charge is -2.13. The summed E-state index contributed by atoms with van der Waals surface area (Å²) >= 11 is 7.63. The van der Waals surface area contributed by atoms with E-state index in [1.165, 1.54) is 11.3 Å². The molecule has 1 aromatic heterocycles. The average molecular weight is 284 g/mol. The van der Waals surface area contributed by atoms with Crippen LogP contribution in [0.1, 0.15) is 13.3 Å². The van der Waals surface area contributed by atoms with Crippen LogP contribution in [0.15, 0.2) is 17.6 Å². The van der Waals surface area contributed by atoms with Crippen molar-refractivity contribution in [3.8, 4) is 0 Å². The second-order valence-corrected chi connectivity index (χ2v) is 5.25. The molecule has 0 radical (unpaired) electrons. The van der Waals surface area contributed by atoms with E-state index < -0.39 is 0 Å². The summed E-state index contributed by atoms with van der Waals surface area (Å²) < 4.78 is 0.996. The van der Waals surface area contributed by atoms with Crippen LogP contribution in [-0.2, 0) is 4.79 Å². The highest BCUT2D eigenvalue weighted by atomic mass is 35.5. The van der Waals surface area contributed by atoms with E-state index in [0.29, 0.717) is 23.7 Å². The Labute approximate surface area is 114 Å². The van der Waals surface area contributed by atoms with Gasteiger partial charge in [-0.2, -0.15) is 0 Å². The molecule has 1 aromatic carbocycles. The SMILES string of the molecule is CCC(CN)C(=O)Nc1c(Cl)ccc2scnc12. The van der Waals surface area contributed by atoms with Crippen molar-refractivity contribution in [3.05, 3.63) is 22.7 Å². The van der Waals surface area contributed by atoms with E-state index in [1.807, 2.05) is 13.0 Å². The number of carbonyl (C=O) groups is 1. The van der Waals surface area contributed by atoms with Gasteiger partial charge >= 0.3 is 0 Å². The van der Waals surface area contributed by atoms with E-state index in [2.05, 4.69) is 10.3 Å². The molecule has 0 aliphatic carbocycles. The van der Waals surface area contributed by atoms with Gasteiger partial charge < -0.3 is 11.1 Å². The summed E-state index contributed by atoms with van der Waals surface area (Å²) in [7, 11) is 0. The first-order valence-corrected chi connectivity index (χ1v) is 6.95. The average Bonchev–Trinajstić information content (AvgIpc) is 2.83. The number of carbonyl (C=O) groups excluding carboxylic acids is 1. The number of amides is 1. The Hall–Kier alpha value is -1.17. The summed E-state index contributed by atoms with van der Waals surface area (Å²) in [6, 6.07) is 3.66. The maximum atomic E-state index is 12.0. The predicted molar refractivity (Wildman–Crippen MR) is 76.1 cm³/mol. The molecule has 0 bridgehead atoms. The Morgan fingerprint density at radius 2 is 2.39 bits per heavy atom. The van der Waals surface area contributed by atoms with Gasteiger partial charge in [-0.25, -0.2) is 4.98 Å². The van der Waals surface area contributed by atoms with E-state index in [0.717, 1.165) is 10.2 Å². The van der Waals surface area contributed by atoms with Crippen molar-refractivity contribution in [2.75, 3.05) is 11.9 Å². The monoisotopic (exact) mass is 283 g/mol. The molecular formula is C12H14ClN3OS. The summed E-state index contributed by atoms with van der Waals surface area (Å²) in [5.41, 5.74) is 8.60. The number of fused-ring (bicyclic) bond motifs is 1. The zero-order valence-electron chi connectivity index (χ0n) is 9.94. The number of hydrogen-bond acceptors (Lipinski definition) is 4. The van der Waals surface area contributed by atoms with Crippen molar-refractivity contribution in [1.82, 2.24) is 4.98 Å². The van der Waals surface area contributed by atoms with Crippen molar-refractivity contribution >= 4 is 44.7 Å². The summed E-state index contributed by atoms with van der Waals surface area (Å²) in [6.07, 6.45) is 0.701. The Morgan fingerprint density at radius 3 is 3.06 bits per heavy atom. The van der Waals surface area contributed by atoms with Crippen LogP contribution in [0.25, 0.3) is 10.2 Å². The number of aromatic nitrogens is 1. The number of halogens is 1. The molecule has 3 N–H and O–H groups in total. The Morgan fingerprint density at radius 1 is 1.61 bits per heavy atom. The standard InChI is InChI=1S/C12H14ClN3OS/c1-2-7(5-14)12(17)16-10-8(13)3-4-9-11(10)15-6-18-9/h3-4,6-7H,2,5,14H2,1H3,(H,16,17). The maximum absolute atomic E-state index is 12.0. The van der Waals surface area contributed by atoms with Gasteiger partial charge in [-0.05, 0) is 18.6 Å². The van der Waals surface area contributed by atoms with Gasteiger partial charge in [-0.1, -0.05) is 18.5 Å². The molecule has 96 valence electrons. The third-order valence-corrected chi connectivity index (χ3v) is 3.96. The number of rotatable bonds is 4. The highest BCUT2D eigenvalue weighted by Gasteiger charge is 2.18. The first-order chi connectivity index (χ1) is 8.67. The largest absolute Gasteiger partial charge is 0.330 e. The normalized spacial score (nSPS) is 12.6. The number of nitrogens with two attached hydrogens (primary N) is 1. The van der Waals surface area contributed by atoms with Gasteiger partial charge in [0.15, 0.2) is 0 Å². The Bertz CT molecular complexity index is 565. The first kappa shape index (κ1) is 13.3. The molecule has 1 atom stereocenters. The van der Waals surface area contributed by atoms with Crippen LogP contribution >= 0.6 is 22.9 Å². The molecule has 6 heteroatoms. The second kappa shape index (κ2) is 5.65. The van der Waals surface area contributed by atoms with Crippen molar-refractivity contribution in [1.29, 1.82) is 0 Å². The molecule has 0 saturated carbocycles. The zero-order chi connectivity index (χ0) is 13.1. The number of thiazole rings is 1. The fourth-order valence-electron chi connectivity index (χ4n) is 1.71. The van der Waals surface area contributed by atoms with Crippen LogP contribution in [0.5, 0.6) is 0 Å². The van der Waals surface area contributed by atoms with Crippen LogP contribution in [0, 0.1) is 5.92 Å². The minimum Gasteiger partial charge on any atom is -0.330 e. The molecule has 0 aliphatic heterocycles. The summed E-state index contributed by atoms with van der Waals surface area (Å²) in [5, 5.41) is 3.33. The molecule has 0 spiro atoms. The molecule has 18 heavy (non-hydrogen) atoms. The first-order valence-electron chi connectivity index (χ1n) is 5.70. The van der Waals surface area contributed by atoms with Gasteiger partial charge in [0.25, 0.3) is 0 Å². The zero-order valence-corrected chi connectivity index (χ0v) is 11.5. The summed E-state index contributed by atoms with van der Waals surface area (Å²) in [4.78, 5) is 16.3. The smallest absolute Gasteiger partial charge is 0.228 e. The van der Waals surface area contributed by atoms with Crippen LogP contribution < -0.4 is 11.1 Å². The third-order valence-electron chi connectivity index (χ3n) is 2.85. The molecule has 2 rings (SSSR count). The fourth-order valence-corrected chi connectivity index (χ4v) is 2.59. The van der Waals surface area contributed by atoms with Crippen LogP contribution in [0.2, 0.25) is 5.02 Å². The lowest BCUT2D eigenvalue weighted by atomic mass is 10.1. The Kier molecular flexibility index (Phi) is 4.16. The quantitative estimate of drug-likeness (QED) is 0.906. The topological polar surface area (TPSA) is 68.0 Å². The van der Waals surface area contributed by atoms with E-state index in [-0.39, 0.29) is 11.8 Å². The van der Waals surface area contributed by atoms with Gasteiger partial charge in [0.05, 0.1) is 26.8 Å². The molecule has 1 unspecified atom stereocenters. The molecule has 4 nitrogen and oxygen atoms in total. The number of nitrogens with one attached hydrogen (secondary N) is 1. The minimum atomic E-state index is -0.199. The van der Waals surface area contributed by atoms with Crippen molar-refractivity contribution in [2.45, 2.75) is 13.3 Å². The second-order valence-electron chi connectivity index (χ2n) is 3.95. The van der Waals surface area contributed by atoms with E-state index >= 15 is 0 Å². The van der Waals surface area contributed by atoms with Crippen LogP contribution in [0.3, 0.4) is 0 Å². The van der Waals surface area contributed by atoms with Crippen molar-refractivity contribution in [3.63, 3.8) is 0 Å². The number of nitrogens with zero attached hydrogens (tertiary/aromatic N) is 1. The van der Waals surface area contributed by atoms with E-state index in [1.54, 1.807) is 11.6 Å². The summed E-state index contributed by atoms with van der Waals surface area (Å²) in [6.45, 7) is 2.26. The van der Waals surface area contributed by atoms with Crippen molar-refractivity contribution < 1.29 is 4.79 Å². The molecule has 0 saturated heterocycles. The molecule has 2 aromatic rings. The number of anilines is 1. The highest BCUT2D eigenvalue weighted by molar-refractivity contribution is 7.16. The molecule has 0 fully saturated rings. The number of benzene rings is 1. The van der Waals surface area contributed by atoms with E-state index in [9.17, 15) is 4.79 Å². The lowest BCUT2D eigenvalue weighted by Crippen LogP contribution is -2.28. The molecule has 1 amide bonds. The fraction of sp³-hybridized carbons (Fsp3) is 0.333. The van der Waals surface area contributed by atoms with Gasteiger partial charge in [0.1, 0.15) is 5.52 Å². The highest BCUT2D eigenvalue weighted by Crippen LogP contribution is 2.32. The third kappa shape index (κ3) is 2.48. The van der Waals surface area contributed by atoms with Crippen LogP contribution in [-0.4, -0.2) is 17.4 Å². The number of hydrogen-bond donors (Lipinski definition) is 2. The molecule has 1 heterocycles. The minimum absolute atomic E-state index is 0.109. The van der Waals surface area contributed by atoms with Crippen LogP contribution in [0.4, 0.5) is 5.69 Å². The predicted octanol–water partition coefficient (Wildman–Crippen LogP) is 2.87. The molecular weight excluding hydrogens is 270 g/mol. The molecule has 0 aliphatic rings. The van der Waals surface area contributed by atoms with E-state index in [4.69, 9.17) is 17.3 Å².